The van der Waals surface area contributed by atoms with Gasteiger partial charge in [0.2, 0.25) is 0 Å². The Bertz CT molecular complexity index is 122. The van der Waals surface area contributed by atoms with Gasteiger partial charge in [-0.15, -0.1) is 0 Å². The second kappa shape index (κ2) is 7.81. The van der Waals surface area contributed by atoms with E-state index in [2.05, 4.69) is 13.8 Å². The van der Waals surface area contributed by atoms with Crippen molar-refractivity contribution in [1.82, 2.24) is 0 Å². The van der Waals surface area contributed by atoms with Crippen LogP contribution in [-0.2, 0) is 4.79 Å². The van der Waals surface area contributed by atoms with E-state index in [1.807, 2.05) is 0 Å². The maximum absolute atomic E-state index is 10.6. The second-order valence-electron chi connectivity index (χ2n) is 1.91. The van der Waals surface area contributed by atoms with E-state index >= 15 is 0 Å². The van der Waals surface area contributed by atoms with Crippen molar-refractivity contribution in [1.29, 1.82) is 0 Å². The summed E-state index contributed by atoms with van der Waals surface area (Å²) in [5.74, 6) is -2.76. The van der Waals surface area contributed by atoms with Crippen molar-refractivity contribution in [2.24, 2.45) is 0 Å². The van der Waals surface area contributed by atoms with Gasteiger partial charge in [0.15, 0.2) is 0 Å². The molecule has 0 spiro atoms. The molecule has 12 heavy (non-hydrogen) atoms. The van der Waals surface area contributed by atoms with Gasteiger partial charge in [0.1, 0.15) is 0 Å². The molecular formula is C6H11F3O2Tl. The molecule has 0 saturated heterocycles. The van der Waals surface area contributed by atoms with Gasteiger partial charge in [0.25, 0.3) is 0 Å². The van der Waals surface area contributed by atoms with Crippen molar-refractivity contribution in [2.75, 3.05) is 0 Å². The molecule has 0 rings (SSSR count). The maximum Gasteiger partial charge on any atom is 0.490 e. The summed E-state index contributed by atoms with van der Waals surface area (Å²) < 4.78 is 34.8. The van der Waals surface area contributed by atoms with E-state index in [0.717, 1.165) is 0 Å². The van der Waals surface area contributed by atoms with Crippen LogP contribution in [0.25, 0.3) is 0 Å². The molecule has 2 nitrogen and oxygen atoms in total. The number of rotatable bonds is 2. The zero-order valence-corrected chi connectivity index (χ0v) is 11.5. The first-order valence-electron chi connectivity index (χ1n) is 3.48. The van der Waals surface area contributed by atoms with Crippen LogP contribution in [-0.4, -0.2) is 41.5 Å². The molecule has 1 N–H and O–H groups in total. The SMILES string of the molecule is C[CH2][Tl][CH2]C.O=C(O)C(F)(F)F. The molecule has 0 aliphatic carbocycles. The summed E-state index contributed by atoms with van der Waals surface area (Å²) >= 11 is -0.0463. The molecular weight excluding hydrogens is 365 g/mol. The van der Waals surface area contributed by atoms with E-state index in [1.165, 1.54) is 0 Å². The van der Waals surface area contributed by atoms with Crippen LogP contribution in [0.3, 0.4) is 0 Å². The average molecular weight is 377 g/mol. The molecule has 0 fully saturated rings. The summed E-state index contributed by atoms with van der Waals surface area (Å²) in [5.41, 5.74) is 0. The number of hydrogen-bond donors (Lipinski definition) is 1. The summed E-state index contributed by atoms with van der Waals surface area (Å²) in [6.07, 6.45) is -5.08. The number of alkyl halides is 3. The van der Waals surface area contributed by atoms with Gasteiger partial charge >= 0.3 is 58.2 Å². The molecule has 0 unspecified atom stereocenters. The maximum atomic E-state index is 10.6. The summed E-state index contributed by atoms with van der Waals surface area (Å²) in [6, 6.07) is 0. The molecule has 0 radical (unpaired) electrons. The molecule has 0 aliphatic rings. The van der Waals surface area contributed by atoms with E-state index < -0.39 is 12.1 Å². The van der Waals surface area contributed by atoms with Crippen molar-refractivity contribution in [3.63, 3.8) is 0 Å². The molecule has 0 aliphatic heterocycles. The molecule has 0 bridgehead atoms. The summed E-state index contributed by atoms with van der Waals surface area (Å²) in [4.78, 5) is 8.90. The van der Waals surface area contributed by atoms with Gasteiger partial charge < -0.3 is 5.11 Å². The summed E-state index contributed by atoms with van der Waals surface area (Å²) in [6.45, 7) is 4.61. The number of halogens is 3. The van der Waals surface area contributed by atoms with E-state index in [1.54, 1.807) is 7.96 Å². The average Bonchev–Trinajstić information content (AvgIpc) is 1.88. The number of aliphatic carboxylic acids is 1. The van der Waals surface area contributed by atoms with E-state index in [4.69, 9.17) is 9.90 Å². The fraction of sp³-hybridized carbons (Fsp3) is 0.833. The van der Waals surface area contributed by atoms with E-state index in [0.29, 0.717) is 0 Å². The monoisotopic (exact) mass is 377 g/mol. The Morgan fingerprint density at radius 3 is 1.58 bits per heavy atom. The van der Waals surface area contributed by atoms with Gasteiger partial charge in [0.05, 0.1) is 0 Å². The van der Waals surface area contributed by atoms with Crippen molar-refractivity contribution >= 4 is 30.2 Å². The second-order valence-corrected chi connectivity index (χ2v) is 10.5. The number of carboxylic acids is 1. The first-order chi connectivity index (χ1) is 5.36. The fourth-order valence-corrected chi connectivity index (χ4v) is 2.53. The Morgan fingerprint density at radius 1 is 1.33 bits per heavy atom. The Balaban J connectivity index is 0. The molecule has 0 amide bonds. The fourth-order valence-electron chi connectivity index (χ4n) is 0.289. The van der Waals surface area contributed by atoms with Crippen LogP contribution < -0.4 is 0 Å². The minimum absolute atomic E-state index is 0.0463. The predicted molar refractivity (Wildman–Crippen MR) is 40.4 cm³/mol. The van der Waals surface area contributed by atoms with Crippen molar-refractivity contribution in [2.45, 2.75) is 28.0 Å². The molecule has 6 heteroatoms. The van der Waals surface area contributed by atoms with Crippen LogP contribution in [0.5, 0.6) is 0 Å². The van der Waals surface area contributed by atoms with Gasteiger partial charge in [-0.3, -0.25) is 0 Å². The molecule has 0 aromatic carbocycles. The smallest absolute Gasteiger partial charge is 0.475 e. The van der Waals surface area contributed by atoms with Gasteiger partial charge in [-0.25, -0.2) is 4.79 Å². The Hall–Kier alpha value is 0.182. The third kappa shape index (κ3) is 12.8. The van der Waals surface area contributed by atoms with Crippen LogP contribution in [0.1, 0.15) is 13.8 Å². The molecule has 0 aromatic rings. The van der Waals surface area contributed by atoms with Crippen LogP contribution in [0, 0.1) is 0 Å². The van der Waals surface area contributed by atoms with E-state index in [-0.39, 0.29) is 24.2 Å². The minimum atomic E-state index is -5.08. The summed E-state index contributed by atoms with van der Waals surface area (Å²) in [5, 5.41) is 7.12. The molecule has 0 atom stereocenters. The van der Waals surface area contributed by atoms with Gasteiger partial charge in [-0.05, 0) is 0 Å². The quantitative estimate of drug-likeness (QED) is 0.751. The number of hydrogen-bond acceptors (Lipinski definition) is 1. The Labute approximate surface area is 81.4 Å². The Morgan fingerprint density at radius 2 is 1.58 bits per heavy atom. The van der Waals surface area contributed by atoms with E-state index in [9.17, 15) is 13.2 Å². The third-order valence-electron chi connectivity index (χ3n) is 0.820. The first-order valence-corrected chi connectivity index (χ1v) is 9.82. The molecule has 0 saturated carbocycles. The zero-order valence-electron chi connectivity index (χ0n) is 6.98. The van der Waals surface area contributed by atoms with Crippen molar-refractivity contribution in [3.8, 4) is 0 Å². The number of carbonyl (C=O) groups is 1. The Kier molecular flexibility index (Phi) is 9.56. The largest absolute Gasteiger partial charge is 0.490 e. The minimum Gasteiger partial charge on any atom is -0.475 e. The molecule has 0 heterocycles. The normalized spacial score (nSPS) is 9.42. The molecule has 71 valence electrons. The number of carboxylic acid groups (broad SMARTS) is 1. The first kappa shape index (κ1) is 14.7. The summed E-state index contributed by atoms with van der Waals surface area (Å²) in [7, 11) is 0. The van der Waals surface area contributed by atoms with Crippen LogP contribution in [0.2, 0.25) is 7.96 Å². The standard InChI is InChI=1S/C2HF3O2.2C2H5.Tl/c3-2(4,5)1(6)7;2*1-2;/h(H,6,7);2*1H2,2H3;. The van der Waals surface area contributed by atoms with Crippen LogP contribution in [0.4, 0.5) is 13.2 Å². The van der Waals surface area contributed by atoms with Crippen LogP contribution >= 0.6 is 0 Å². The van der Waals surface area contributed by atoms with Crippen molar-refractivity contribution < 1.29 is 23.1 Å². The van der Waals surface area contributed by atoms with Crippen molar-refractivity contribution in [3.05, 3.63) is 0 Å². The van der Waals surface area contributed by atoms with Gasteiger partial charge in [0, 0.05) is 0 Å². The van der Waals surface area contributed by atoms with Gasteiger partial charge in [-0.1, -0.05) is 0 Å². The van der Waals surface area contributed by atoms with Crippen LogP contribution in [0.15, 0.2) is 0 Å². The molecule has 0 aromatic heterocycles. The predicted octanol–water partition coefficient (Wildman–Crippen LogP) is 2.20. The topological polar surface area (TPSA) is 37.3 Å². The zero-order chi connectivity index (χ0) is 10.2. The third-order valence-corrected chi connectivity index (χ3v) is 5.31. The van der Waals surface area contributed by atoms with Gasteiger partial charge in [-0.2, -0.15) is 13.2 Å².